The van der Waals surface area contributed by atoms with E-state index in [2.05, 4.69) is 46.7 Å². The Bertz CT molecular complexity index is 1080. The van der Waals surface area contributed by atoms with E-state index in [0.29, 0.717) is 5.96 Å². The van der Waals surface area contributed by atoms with E-state index in [4.69, 9.17) is 15.5 Å². The Labute approximate surface area is 163 Å². The summed E-state index contributed by atoms with van der Waals surface area (Å²) >= 11 is 0. The third-order valence-corrected chi connectivity index (χ3v) is 5.43. The number of aryl methyl sites for hydroxylation is 1. The maximum absolute atomic E-state index is 6.17. The predicted molar refractivity (Wildman–Crippen MR) is 109 cm³/mol. The van der Waals surface area contributed by atoms with Gasteiger partial charge < -0.3 is 20.4 Å². The summed E-state index contributed by atoms with van der Waals surface area (Å²) in [5, 5.41) is 3.30. The average molecular weight is 371 g/mol. The molecule has 1 aliphatic carbocycles. The monoisotopic (exact) mass is 371 g/mol. The van der Waals surface area contributed by atoms with Crippen LogP contribution < -0.4 is 15.8 Å². The molecule has 0 spiro atoms. The number of guanidine groups is 1. The molecule has 140 valence electrons. The van der Waals surface area contributed by atoms with E-state index in [1.165, 1.54) is 11.1 Å². The van der Waals surface area contributed by atoms with Crippen LogP contribution in [0.3, 0.4) is 0 Å². The smallest absolute Gasteiger partial charge is 0.194 e. The number of ether oxygens (including phenoxy) is 1. The first-order valence-electron chi connectivity index (χ1n) is 9.32. The van der Waals surface area contributed by atoms with Gasteiger partial charge in [0.1, 0.15) is 11.8 Å². The van der Waals surface area contributed by atoms with Gasteiger partial charge in [0.2, 0.25) is 0 Å². The molecule has 6 nitrogen and oxygen atoms in total. The van der Waals surface area contributed by atoms with E-state index in [-0.39, 0.29) is 6.04 Å². The Morgan fingerprint density at radius 1 is 1.14 bits per heavy atom. The molecule has 2 aliphatic rings. The molecule has 2 heterocycles. The van der Waals surface area contributed by atoms with Crippen molar-refractivity contribution in [2.75, 3.05) is 7.11 Å². The normalized spacial score (nSPS) is 18.0. The summed E-state index contributed by atoms with van der Waals surface area (Å²) in [6, 6.07) is 14.6. The highest BCUT2D eigenvalue weighted by Crippen LogP contribution is 2.41. The predicted octanol–water partition coefficient (Wildman–Crippen LogP) is 3.20. The zero-order valence-electron chi connectivity index (χ0n) is 15.6. The van der Waals surface area contributed by atoms with E-state index >= 15 is 0 Å². The minimum atomic E-state index is -0.0764. The van der Waals surface area contributed by atoms with Crippen molar-refractivity contribution < 1.29 is 4.74 Å². The summed E-state index contributed by atoms with van der Waals surface area (Å²) in [6.07, 6.45) is 7.44. The molecule has 0 amide bonds. The molecule has 0 radical (unpaired) electrons. The standard InChI is InChI=1S/C22H21N5O/c1-28-17-8-4-14-5-9-18-20(25-22(23)26-21(18)19(14)12-17)15-2-6-16(7-3-15)27-11-10-24-13-27/h2-4,6-8,10-13,20H,5,9H2,1H3,(H3,23,25,26). The number of aliphatic imine (C=N–C) groups is 1. The fraction of sp³-hybridized carbons (Fsp3) is 0.182. The van der Waals surface area contributed by atoms with Crippen molar-refractivity contribution in [3.63, 3.8) is 0 Å². The Balaban J connectivity index is 1.56. The number of nitrogens with zero attached hydrogens (tertiary/aromatic N) is 3. The fourth-order valence-electron chi connectivity index (χ4n) is 4.02. The van der Waals surface area contributed by atoms with Crippen molar-refractivity contribution in [3.8, 4) is 11.4 Å². The van der Waals surface area contributed by atoms with Crippen molar-refractivity contribution >= 4 is 11.7 Å². The lowest BCUT2D eigenvalue weighted by Gasteiger charge is -2.32. The Hall–Kier alpha value is -3.54. The zero-order chi connectivity index (χ0) is 19.1. The molecular weight excluding hydrogens is 350 g/mol. The number of rotatable bonds is 3. The highest BCUT2D eigenvalue weighted by atomic mass is 16.5. The summed E-state index contributed by atoms with van der Waals surface area (Å²) < 4.78 is 7.41. The van der Waals surface area contributed by atoms with Crippen molar-refractivity contribution in [1.82, 2.24) is 14.9 Å². The van der Waals surface area contributed by atoms with Crippen LogP contribution in [0.4, 0.5) is 0 Å². The van der Waals surface area contributed by atoms with Gasteiger partial charge in [0, 0.05) is 23.6 Å². The van der Waals surface area contributed by atoms with Crippen molar-refractivity contribution in [2.45, 2.75) is 18.9 Å². The van der Waals surface area contributed by atoms with Crippen LogP contribution in [0, 0.1) is 0 Å². The van der Waals surface area contributed by atoms with Crippen molar-refractivity contribution in [1.29, 1.82) is 0 Å². The van der Waals surface area contributed by atoms with Crippen LogP contribution in [-0.2, 0) is 6.42 Å². The number of aromatic nitrogens is 2. The van der Waals surface area contributed by atoms with Crippen LogP contribution in [0.5, 0.6) is 5.75 Å². The van der Waals surface area contributed by atoms with Crippen LogP contribution in [0.25, 0.3) is 11.4 Å². The third kappa shape index (κ3) is 2.74. The molecule has 3 aromatic rings. The lowest BCUT2D eigenvalue weighted by molar-refractivity contribution is 0.414. The van der Waals surface area contributed by atoms with Gasteiger partial charge in [0.15, 0.2) is 5.96 Å². The molecule has 6 heteroatoms. The number of nitrogens with two attached hydrogens (primary N) is 1. The number of fused-ring (bicyclic) bond motifs is 2. The molecule has 1 atom stereocenters. The molecule has 2 aromatic carbocycles. The average Bonchev–Trinajstić information content (AvgIpc) is 3.28. The first-order chi connectivity index (χ1) is 13.7. The fourth-order valence-corrected chi connectivity index (χ4v) is 4.02. The van der Waals surface area contributed by atoms with Gasteiger partial charge in [-0.15, -0.1) is 0 Å². The molecule has 28 heavy (non-hydrogen) atoms. The number of hydrogen-bond acceptors (Lipinski definition) is 5. The largest absolute Gasteiger partial charge is 0.497 e. The summed E-state index contributed by atoms with van der Waals surface area (Å²) in [6.45, 7) is 0. The van der Waals surface area contributed by atoms with E-state index in [9.17, 15) is 0 Å². The maximum atomic E-state index is 6.17. The summed E-state index contributed by atoms with van der Waals surface area (Å²) in [5.41, 5.74) is 13.2. The second kappa shape index (κ2) is 6.56. The quantitative estimate of drug-likeness (QED) is 0.741. The van der Waals surface area contributed by atoms with Gasteiger partial charge in [-0.2, -0.15) is 0 Å². The number of imidazole rings is 1. The second-order valence-electron chi connectivity index (χ2n) is 7.03. The SMILES string of the molecule is COc1ccc2c(c1)C1=C(CC2)C(c2ccc(-n3ccnc3)cc2)N=C(N)N1. The van der Waals surface area contributed by atoms with Crippen LogP contribution in [0.2, 0.25) is 0 Å². The summed E-state index contributed by atoms with van der Waals surface area (Å²) in [5.74, 6) is 1.29. The molecule has 1 aliphatic heterocycles. The van der Waals surface area contributed by atoms with E-state index < -0.39 is 0 Å². The van der Waals surface area contributed by atoms with Crippen LogP contribution in [-0.4, -0.2) is 22.6 Å². The molecular formula is C22H21N5O. The first-order valence-corrected chi connectivity index (χ1v) is 9.32. The molecule has 0 fully saturated rings. The molecule has 3 N–H and O–H groups in total. The first kappa shape index (κ1) is 16.6. The lowest BCUT2D eigenvalue weighted by atomic mass is 9.83. The van der Waals surface area contributed by atoms with Crippen LogP contribution in [0.15, 0.2) is 71.8 Å². The van der Waals surface area contributed by atoms with Gasteiger partial charge in [0.05, 0.1) is 19.1 Å². The zero-order valence-corrected chi connectivity index (χ0v) is 15.6. The summed E-state index contributed by atoms with van der Waals surface area (Å²) in [7, 11) is 1.69. The van der Waals surface area contributed by atoms with Crippen molar-refractivity contribution in [2.24, 2.45) is 10.7 Å². The second-order valence-corrected chi connectivity index (χ2v) is 7.03. The minimum absolute atomic E-state index is 0.0764. The van der Waals surface area contributed by atoms with Crippen molar-refractivity contribution in [3.05, 3.63) is 83.4 Å². The number of nitrogens with one attached hydrogen (secondary N) is 1. The Kier molecular flexibility index (Phi) is 3.90. The highest BCUT2D eigenvalue weighted by molar-refractivity contribution is 5.93. The van der Waals surface area contributed by atoms with E-state index in [0.717, 1.165) is 41.1 Å². The number of methoxy groups -OCH3 is 1. The molecule has 5 rings (SSSR count). The maximum Gasteiger partial charge on any atom is 0.194 e. The minimum Gasteiger partial charge on any atom is -0.497 e. The van der Waals surface area contributed by atoms with Gasteiger partial charge in [-0.25, -0.2) is 9.98 Å². The Morgan fingerprint density at radius 2 is 2.00 bits per heavy atom. The number of hydrogen-bond donors (Lipinski definition) is 2. The van der Waals surface area contributed by atoms with Crippen LogP contribution >= 0.6 is 0 Å². The lowest BCUT2D eigenvalue weighted by Crippen LogP contribution is -2.37. The van der Waals surface area contributed by atoms with Gasteiger partial charge in [0.25, 0.3) is 0 Å². The number of benzene rings is 2. The topological polar surface area (TPSA) is 77.5 Å². The van der Waals surface area contributed by atoms with E-state index in [1.807, 2.05) is 16.8 Å². The molecule has 0 bridgehead atoms. The van der Waals surface area contributed by atoms with Gasteiger partial charge in [-0.05, 0) is 53.8 Å². The van der Waals surface area contributed by atoms with E-state index in [1.54, 1.807) is 19.6 Å². The molecule has 0 saturated carbocycles. The summed E-state index contributed by atoms with van der Waals surface area (Å²) in [4.78, 5) is 8.83. The van der Waals surface area contributed by atoms with Gasteiger partial charge in [-0.1, -0.05) is 18.2 Å². The van der Waals surface area contributed by atoms with Gasteiger partial charge >= 0.3 is 0 Å². The molecule has 1 unspecified atom stereocenters. The van der Waals surface area contributed by atoms with Gasteiger partial charge in [-0.3, -0.25) is 0 Å². The van der Waals surface area contributed by atoms with Crippen LogP contribution in [0.1, 0.15) is 29.2 Å². The third-order valence-electron chi connectivity index (χ3n) is 5.43. The highest BCUT2D eigenvalue weighted by Gasteiger charge is 2.29. The molecule has 1 aromatic heterocycles. The Morgan fingerprint density at radius 3 is 2.75 bits per heavy atom. The molecule has 0 saturated heterocycles.